The summed E-state index contributed by atoms with van der Waals surface area (Å²) in [5.74, 6) is 0. The van der Waals surface area contributed by atoms with Gasteiger partial charge >= 0.3 is 6.18 Å². The van der Waals surface area contributed by atoms with Crippen LogP contribution in [0, 0.1) is 0 Å². The Morgan fingerprint density at radius 2 is 1.79 bits per heavy atom. The molecule has 0 aromatic rings. The topological polar surface area (TPSA) is 12.0 Å². The largest absolute Gasteiger partial charge is 0.401 e. The van der Waals surface area contributed by atoms with E-state index in [-0.39, 0.29) is 3.42 Å². The fourth-order valence-electron chi connectivity index (χ4n) is 1.10. The normalized spacial score (nSPS) is 16.7. The number of unbranched alkanes of at least 4 members (excludes halogenated alkanes) is 1. The van der Waals surface area contributed by atoms with Crippen molar-refractivity contribution in [2.45, 2.75) is 42.7 Å². The Balaban J connectivity index is 3.65. The molecule has 0 rings (SSSR count). The zero-order chi connectivity index (χ0) is 11.2. The minimum absolute atomic E-state index is 0.0704. The summed E-state index contributed by atoms with van der Waals surface area (Å²) in [5.41, 5.74) is 0. The standard InChI is InChI=1S/C9H17F3IN/c1-3-4-5-8(2,13)6-14-7-9(10,11)12/h14H,3-7H2,1-2H3/t8-/m0/s1. The van der Waals surface area contributed by atoms with Crippen LogP contribution in [0.4, 0.5) is 13.2 Å². The molecule has 0 aliphatic heterocycles. The minimum Gasteiger partial charge on any atom is -0.307 e. The van der Waals surface area contributed by atoms with Gasteiger partial charge < -0.3 is 5.32 Å². The fourth-order valence-corrected chi connectivity index (χ4v) is 1.75. The summed E-state index contributed by atoms with van der Waals surface area (Å²) in [4.78, 5) is 0. The Kier molecular flexibility index (Phi) is 6.36. The van der Waals surface area contributed by atoms with Crippen LogP contribution in [0.15, 0.2) is 0 Å². The summed E-state index contributed by atoms with van der Waals surface area (Å²) in [5, 5.41) is 2.44. The van der Waals surface area contributed by atoms with E-state index in [1.807, 2.05) is 6.92 Å². The highest BCUT2D eigenvalue weighted by atomic mass is 127. The Labute approximate surface area is 97.0 Å². The number of hydrogen-bond acceptors (Lipinski definition) is 1. The molecule has 1 nitrogen and oxygen atoms in total. The van der Waals surface area contributed by atoms with Crippen molar-refractivity contribution in [3.8, 4) is 0 Å². The number of nitrogens with one attached hydrogen (secondary N) is 1. The summed E-state index contributed by atoms with van der Waals surface area (Å²) in [6.07, 6.45) is -1.00. The van der Waals surface area contributed by atoms with Crippen LogP contribution in [0.5, 0.6) is 0 Å². The summed E-state index contributed by atoms with van der Waals surface area (Å²) in [6.45, 7) is 3.58. The zero-order valence-electron chi connectivity index (χ0n) is 8.55. The van der Waals surface area contributed by atoms with Crippen LogP contribution in [-0.2, 0) is 0 Å². The molecule has 0 spiro atoms. The van der Waals surface area contributed by atoms with Crippen molar-refractivity contribution in [1.29, 1.82) is 0 Å². The van der Waals surface area contributed by atoms with Crippen molar-refractivity contribution in [2.24, 2.45) is 0 Å². The predicted molar refractivity (Wildman–Crippen MR) is 60.9 cm³/mol. The second-order valence-electron chi connectivity index (χ2n) is 3.74. The third-order valence-corrected chi connectivity index (χ3v) is 2.79. The van der Waals surface area contributed by atoms with Crippen LogP contribution in [0.2, 0.25) is 0 Å². The molecule has 0 heterocycles. The third-order valence-electron chi connectivity index (χ3n) is 1.87. The van der Waals surface area contributed by atoms with E-state index in [0.717, 1.165) is 19.3 Å². The van der Waals surface area contributed by atoms with Gasteiger partial charge in [0.25, 0.3) is 0 Å². The molecule has 0 saturated carbocycles. The zero-order valence-corrected chi connectivity index (χ0v) is 10.7. The Bertz CT molecular complexity index is 157. The van der Waals surface area contributed by atoms with Crippen LogP contribution < -0.4 is 5.32 Å². The molecule has 0 fully saturated rings. The second kappa shape index (κ2) is 6.15. The number of halogens is 4. The van der Waals surface area contributed by atoms with E-state index >= 15 is 0 Å². The minimum atomic E-state index is -4.10. The van der Waals surface area contributed by atoms with E-state index in [1.54, 1.807) is 0 Å². The van der Waals surface area contributed by atoms with Gasteiger partial charge in [0.15, 0.2) is 0 Å². The maximum Gasteiger partial charge on any atom is 0.401 e. The molecule has 0 aromatic heterocycles. The molecular formula is C9H17F3IN. The van der Waals surface area contributed by atoms with E-state index in [0.29, 0.717) is 6.54 Å². The highest BCUT2D eigenvalue weighted by Gasteiger charge is 2.28. The molecular weight excluding hydrogens is 306 g/mol. The van der Waals surface area contributed by atoms with Gasteiger partial charge in [0, 0.05) is 9.97 Å². The molecule has 0 radical (unpaired) electrons. The molecule has 0 aromatic carbocycles. The first-order valence-corrected chi connectivity index (χ1v) is 5.81. The predicted octanol–water partition coefficient (Wildman–Crippen LogP) is 3.52. The Morgan fingerprint density at radius 1 is 1.21 bits per heavy atom. The molecule has 0 amide bonds. The lowest BCUT2D eigenvalue weighted by molar-refractivity contribution is -0.124. The average Bonchev–Trinajstić information content (AvgIpc) is 1.98. The van der Waals surface area contributed by atoms with Gasteiger partial charge in [0.2, 0.25) is 0 Å². The quantitative estimate of drug-likeness (QED) is 0.583. The smallest absolute Gasteiger partial charge is 0.307 e. The van der Waals surface area contributed by atoms with E-state index < -0.39 is 12.7 Å². The van der Waals surface area contributed by atoms with E-state index in [1.165, 1.54) is 0 Å². The van der Waals surface area contributed by atoms with Gasteiger partial charge in [-0.1, -0.05) is 42.4 Å². The first-order valence-electron chi connectivity index (χ1n) is 4.73. The van der Waals surface area contributed by atoms with E-state index in [4.69, 9.17) is 0 Å². The fraction of sp³-hybridized carbons (Fsp3) is 1.00. The number of hydrogen-bond donors (Lipinski definition) is 1. The van der Waals surface area contributed by atoms with E-state index in [9.17, 15) is 13.2 Å². The van der Waals surface area contributed by atoms with Gasteiger partial charge in [-0.05, 0) is 13.3 Å². The van der Waals surface area contributed by atoms with Crippen LogP contribution in [0.1, 0.15) is 33.1 Å². The SMILES string of the molecule is CCCC[C@](C)(I)CNCC(F)(F)F. The van der Waals surface area contributed by atoms with Crippen molar-refractivity contribution >= 4 is 22.6 Å². The lowest BCUT2D eigenvalue weighted by Gasteiger charge is -2.23. The molecule has 14 heavy (non-hydrogen) atoms. The Hall–Kier alpha value is 0.480. The number of rotatable bonds is 6. The molecule has 1 N–H and O–H groups in total. The van der Waals surface area contributed by atoms with Crippen molar-refractivity contribution in [3.05, 3.63) is 0 Å². The van der Waals surface area contributed by atoms with Crippen LogP contribution >= 0.6 is 22.6 Å². The molecule has 0 unspecified atom stereocenters. The first-order chi connectivity index (χ1) is 6.27. The van der Waals surface area contributed by atoms with Gasteiger partial charge in [-0.3, -0.25) is 0 Å². The molecule has 86 valence electrons. The first kappa shape index (κ1) is 14.5. The lowest BCUT2D eigenvalue weighted by atomic mass is 10.0. The van der Waals surface area contributed by atoms with Gasteiger partial charge in [-0.2, -0.15) is 13.2 Å². The third kappa shape index (κ3) is 9.05. The van der Waals surface area contributed by atoms with Gasteiger partial charge in [-0.25, -0.2) is 0 Å². The van der Waals surface area contributed by atoms with Crippen LogP contribution in [0.3, 0.4) is 0 Å². The van der Waals surface area contributed by atoms with Gasteiger partial charge in [0.05, 0.1) is 6.54 Å². The molecule has 0 aliphatic carbocycles. The molecule has 0 bridgehead atoms. The molecule has 5 heteroatoms. The molecule has 0 saturated heterocycles. The average molecular weight is 323 g/mol. The lowest BCUT2D eigenvalue weighted by Crippen LogP contribution is -2.37. The monoisotopic (exact) mass is 323 g/mol. The van der Waals surface area contributed by atoms with Crippen molar-refractivity contribution < 1.29 is 13.2 Å². The van der Waals surface area contributed by atoms with Crippen molar-refractivity contribution in [1.82, 2.24) is 5.32 Å². The molecule has 0 aliphatic rings. The Morgan fingerprint density at radius 3 is 2.21 bits per heavy atom. The summed E-state index contributed by atoms with van der Waals surface area (Å²) < 4.78 is 35.4. The number of alkyl halides is 4. The van der Waals surface area contributed by atoms with Crippen molar-refractivity contribution in [3.63, 3.8) is 0 Å². The highest BCUT2D eigenvalue weighted by Crippen LogP contribution is 2.24. The summed E-state index contributed by atoms with van der Waals surface area (Å²) in [7, 11) is 0. The second-order valence-corrected chi connectivity index (χ2v) is 6.34. The highest BCUT2D eigenvalue weighted by molar-refractivity contribution is 14.1. The summed E-state index contributed by atoms with van der Waals surface area (Å²) >= 11 is 2.22. The maximum atomic E-state index is 11.8. The van der Waals surface area contributed by atoms with Gasteiger partial charge in [-0.15, -0.1) is 0 Å². The van der Waals surface area contributed by atoms with Crippen LogP contribution in [-0.4, -0.2) is 22.7 Å². The van der Waals surface area contributed by atoms with E-state index in [2.05, 4.69) is 34.8 Å². The summed E-state index contributed by atoms with van der Waals surface area (Å²) in [6, 6.07) is 0. The van der Waals surface area contributed by atoms with Crippen LogP contribution in [0.25, 0.3) is 0 Å². The maximum absolute atomic E-state index is 11.8. The van der Waals surface area contributed by atoms with Gasteiger partial charge in [0.1, 0.15) is 0 Å². The van der Waals surface area contributed by atoms with Crippen molar-refractivity contribution in [2.75, 3.05) is 13.1 Å². The molecule has 1 atom stereocenters.